The molecule has 1 aromatic heterocycles. The smallest absolute Gasteiger partial charge is 0.0951 e. The molecule has 1 aromatic rings. The minimum absolute atomic E-state index is 0.630. The molecule has 0 aliphatic heterocycles. The molecular formula is C10H17N3. The van der Waals surface area contributed by atoms with Gasteiger partial charge in [0.2, 0.25) is 0 Å². The average molecular weight is 179 g/mol. The zero-order chi connectivity index (χ0) is 9.26. The second-order valence-electron chi connectivity index (χ2n) is 3.90. The standard InChI is InChI=1S/C10H17N3/c1-8(9-3-4-9)13-7-12-6-10(13)5-11-2/h6-9,11H,3-5H2,1-2H3. The van der Waals surface area contributed by atoms with Crippen LogP contribution in [0, 0.1) is 5.92 Å². The fourth-order valence-electron chi connectivity index (χ4n) is 1.82. The van der Waals surface area contributed by atoms with Crippen LogP contribution in [0.15, 0.2) is 12.5 Å². The SMILES string of the molecule is CNCc1cncn1C(C)C1CC1. The molecule has 0 spiro atoms. The van der Waals surface area contributed by atoms with E-state index in [4.69, 9.17) is 0 Å². The van der Waals surface area contributed by atoms with Crippen molar-refractivity contribution in [1.82, 2.24) is 14.9 Å². The summed E-state index contributed by atoms with van der Waals surface area (Å²) in [5.74, 6) is 0.893. The van der Waals surface area contributed by atoms with E-state index in [9.17, 15) is 0 Å². The Labute approximate surface area is 79.2 Å². The summed E-state index contributed by atoms with van der Waals surface area (Å²) in [6, 6.07) is 0.630. The van der Waals surface area contributed by atoms with Crippen molar-refractivity contribution < 1.29 is 0 Å². The second kappa shape index (κ2) is 3.50. The van der Waals surface area contributed by atoms with E-state index in [1.165, 1.54) is 18.5 Å². The Balaban J connectivity index is 2.12. The Hall–Kier alpha value is -0.830. The van der Waals surface area contributed by atoms with Crippen molar-refractivity contribution in [2.45, 2.75) is 32.4 Å². The van der Waals surface area contributed by atoms with E-state index in [1.807, 2.05) is 19.6 Å². The molecule has 1 fully saturated rings. The molecule has 1 aliphatic rings. The molecule has 1 saturated carbocycles. The van der Waals surface area contributed by atoms with Gasteiger partial charge in [-0.3, -0.25) is 0 Å². The van der Waals surface area contributed by atoms with Crippen LogP contribution < -0.4 is 5.32 Å². The van der Waals surface area contributed by atoms with E-state index >= 15 is 0 Å². The summed E-state index contributed by atoms with van der Waals surface area (Å²) in [5.41, 5.74) is 1.29. The molecule has 3 nitrogen and oxygen atoms in total. The Kier molecular flexibility index (Phi) is 2.36. The van der Waals surface area contributed by atoms with Crippen molar-refractivity contribution in [3.05, 3.63) is 18.2 Å². The number of aromatic nitrogens is 2. The molecule has 1 heterocycles. The summed E-state index contributed by atoms with van der Waals surface area (Å²) in [6.45, 7) is 3.20. The van der Waals surface area contributed by atoms with Gasteiger partial charge in [-0.15, -0.1) is 0 Å². The van der Waals surface area contributed by atoms with E-state index in [-0.39, 0.29) is 0 Å². The van der Waals surface area contributed by atoms with Crippen LogP contribution in [0.1, 0.15) is 31.5 Å². The van der Waals surface area contributed by atoms with Crippen molar-refractivity contribution in [3.8, 4) is 0 Å². The van der Waals surface area contributed by atoms with Gasteiger partial charge >= 0.3 is 0 Å². The van der Waals surface area contributed by atoms with Gasteiger partial charge in [0.25, 0.3) is 0 Å². The van der Waals surface area contributed by atoms with E-state index in [0.29, 0.717) is 6.04 Å². The molecule has 1 unspecified atom stereocenters. The highest BCUT2D eigenvalue weighted by Crippen LogP contribution is 2.39. The fourth-order valence-corrected chi connectivity index (χ4v) is 1.82. The third-order valence-corrected chi connectivity index (χ3v) is 2.85. The normalized spacial score (nSPS) is 18.9. The van der Waals surface area contributed by atoms with Gasteiger partial charge in [-0.2, -0.15) is 0 Å². The molecule has 0 aromatic carbocycles. The van der Waals surface area contributed by atoms with E-state index < -0.39 is 0 Å². The quantitative estimate of drug-likeness (QED) is 0.760. The first kappa shape index (κ1) is 8.75. The molecule has 3 heteroatoms. The summed E-state index contributed by atoms with van der Waals surface area (Å²) in [7, 11) is 1.97. The second-order valence-corrected chi connectivity index (χ2v) is 3.90. The molecule has 2 rings (SSSR count). The average Bonchev–Trinajstić information content (AvgIpc) is 2.87. The van der Waals surface area contributed by atoms with Crippen molar-refractivity contribution in [2.75, 3.05) is 7.05 Å². The Morgan fingerprint density at radius 3 is 3.08 bits per heavy atom. The van der Waals surface area contributed by atoms with Gasteiger partial charge in [-0.25, -0.2) is 4.98 Å². The van der Waals surface area contributed by atoms with Crippen LogP contribution >= 0.6 is 0 Å². The highest BCUT2D eigenvalue weighted by Gasteiger charge is 2.29. The first-order valence-electron chi connectivity index (χ1n) is 4.98. The summed E-state index contributed by atoms with van der Waals surface area (Å²) in [5, 5.41) is 3.16. The predicted octanol–water partition coefficient (Wildman–Crippen LogP) is 1.57. The van der Waals surface area contributed by atoms with Gasteiger partial charge in [-0.05, 0) is 32.7 Å². The highest BCUT2D eigenvalue weighted by molar-refractivity contribution is 5.01. The van der Waals surface area contributed by atoms with Crippen LogP contribution in [0.4, 0.5) is 0 Å². The molecule has 1 atom stereocenters. The lowest BCUT2D eigenvalue weighted by atomic mass is 10.2. The number of hydrogen-bond acceptors (Lipinski definition) is 2. The maximum absolute atomic E-state index is 4.19. The van der Waals surface area contributed by atoms with Crippen molar-refractivity contribution in [2.24, 2.45) is 5.92 Å². The van der Waals surface area contributed by atoms with Crippen molar-refractivity contribution in [3.63, 3.8) is 0 Å². The van der Waals surface area contributed by atoms with Crippen LogP contribution in [0.5, 0.6) is 0 Å². The Morgan fingerprint density at radius 2 is 2.46 bits per heavy atom. The minimum atomic E-state index is 0.630. The molecule has 1 N–H and O–H groups in total. The van der Waals surface area contributed by atoms with Crippen LogP contribution in [0.25, 0.3) is 0 Å². The maximum Gasteiger partial charge on any atom is 0.0951 e. The maximum atomic E-state index is 4.19. The number of rotatable bonds is 4. The molecular weight excluding hydrogens is 162 g/mol. The zero-order valence-corrected chi connectivity index (χ0v) is 8.33. The molecule has 13 heavy (non-hydrogen) atoms. The molecule has 0 amide bonds. The Morgan fingerprint density at radius 1 is 1.69 bits per heavy atom. The first-order valence-corrected chi connectivity index (χ1v) is 4.98. The zero-order valence-electron chi connectivity index (χ0n) is 8.33. The van der Waals surface area contributed by atoms with E-state index in [2.05, 4.69) is 21.8 Å². The van der Waals surface area contributed by atoms with E-state index in [1.54, 1.807) is 0 Å². The highest BCUT2D eigenvalue weighted by atomic mass is 15.1. The van der Waals surface area contributed by atoms with Gasteiger partial charge in [0.15, 0.2) is 0 Å². The number of hydrogen-bond donors (Lipinski definition) is 1. The van der Waals surface area contributed by atoms with Crippen LogP contribution in [-0.2, 0) is 6.54 Å². The van der Waals surface area contributed by atoms with Crippen LogP contribution in [0.3, 0.4) is 0 Å². The number of nitrogens with zero attached hydrogens (tertiary/aromatic N) is 2. The fraction of sp³-hybridized carbons (Fsp3) is 0.700. The third kappa shape index (κ3) is 1.75. The summed E-state index contributed by atoms with van der Waals surface area (Å²) in [4.78, 5) is 4.19. The van der Waals surface area contributed by atoms with Crippen molar-refractivity contribution in [1.29, 1.82) is 0 Å². The summed E-state index contributed by atoms with van der Waals surface area (Å²) >= 11 is 0. The molecule has 0 saturated heterocycles. The molecule has 1 aliphatic carbocycles. The molecule has 72 valence electrons. The van der Waals surface area contributed by atoms with Crippen molar-refractivity contribution >= 4 is 0 Å². The Bertz CT molecular complexity index is 275. The van der Waals surface area contributed by atoms with Gasteiger partial charge in [0, 0.05) is 18.8 Å². The molecule has 0 radical (unpaired) electrons. The number of imidazole rings is 1. The van der Waals surface area contributed by atoms with Gasteiger partial charge in [0.05, 0.1) is 12.0 Å². The topological polar surface area (TPSA) is 29.9 Å². The van der Waals surface area contributed by atoms with Gasteiger partial charge < -0.3 is 9.88 Å². The predicted molar refractivity (Wildman–Crippen MR) is 52.4 cm³/mol. The lowest BCUT2D eigenvalue weighted by Crippen LogP contribution is -2.14. The lowest BCUT2D eigenvalue weighted by molar-refractivity contribution is 0.466. The lowest BCUT2D eigenvalue weighted by Gasteiger charge is -2.15. The van der Waals surface area contributed by atoms with E-state index in [0.717, 1.165) is 12.5 Å². The van der Waals surface area contributed by atoms with Gasteiger partial charge in [-0.1, -0.05) is 0 Å². The van der Waals surface area contributed by atoms with Crippen LogP contribution in [-0.4, -0.2) is 16.6 Å². The molecule has 0 bridgehead atoms. The van der Waals surface area contributed by atoms with Gasteiger partial charge in [0.1, 0.15) is 0 Å². The number of nitrogens with one attached hydrogen (secondary N) is 1. The summed E-state index contributed by atoms with van der Waals surface area (Å²) in [6.07, 6.45) is 6.68. The monoisotopic (exact) mass is 179 g/mol. The largest absolute Gasteiger partial charge is 0.330 e. The third-order valence-electron chi connectivity index (χ3n) is 2.85. The van der Waals surface area contributed by atoms with Crippen LogP contribution in [0.2, 0.25) is 0 Å². The summed E-state index contributed by atoms with van der Waals surface area (Å²) < 4.78 is 2.30. The first-order chi connectivity index (χ1) is 6.33. The minimum Gasteiger partial charge on any atom is -0.330 e.